The van der Waals surface area contributed by atoms with Gasteiger partial charge in [0.05, 0.1) is 29.5 Å². The van der Waals surface area contributed by atoms with E-state index in [1.54, 1.807) is 18.2 Å². The first-order chi connectivity index (χ1) is 15.4. The van der Waals surface area contributed by atoms with E-state index in [0.29, 0.717) is 23.0 Å². The summed E-state index contributed by atoms with van der Waals surface area (Å²) in [6, 6.07) is 7.98. The predicted molar refractivity (Wildman–Crippen MR) is 119 cm³/mol. The van der Waals surface area contributed by atoms with Crippen LogP contribution in [0.4, 0.5) is 20.2 Å². The van der Waals surface area contributed by atoms with Crippen LogP contribution in [0.5, 0.6) is 5.75 Å². The smallest absolute Gasteiger partial charge is 0.241 e. The molecule has 1 fully saturated rings. The number of amidine groups is 1. The van der Waals surface area contributed by atoms with E-state index in [1.807, 2.05) is 0 Å². The molecule has 2 heterocycles. The van der Waals surface area contributed by atoms with Gasteiger partial charge in [-0.3, -0.25) is 19.9 Å². The van der Waals surface area contributed by atoms with Gasteiger partial charge in [0, 0.05) is 18.3 Å². The van der Waals surface area contributed by atoms with E-state index in [-0.39, 0.29) is 28.4 Å². The molecule has 2 atom stereocenters. The van der Waals surface area contributed by atoms with Crippen LogP contribution in [-0.2, 0) is 9.59 Å². The SMILES string of the molecule is COc1ccc(NC(=O)CSC2=NC3NNCC3C(=O)N2c2ccc(F)c(F)c2)cc1Cl. The molecule has 1 saturated heterocycles. The number of nitrogens with one attached hydrogen (secondary N) is 3. The van der Waals surface area contributed by atoms with Crippen molar-refractivity contribution in [3.05, 3.63) is 53.1 Å². The molecular weight excluding hydrogens is 464 g/mol. The Labute approximate surface area is 191 Å². The Morgan fingerprint density at radius 2 is 2.12 bits per heavy atom. The maximum Gasteiger partial charge on any atom is 0.241 e. The number of hydrazine groups is 1. The molecule has 0 saturated carbocycles. The van der Waals surface area contributed by atoms with Crippen LogP contribution in [-0.4, -0.2) is 42.6 Å². The molecule has 0 spiro atoms. The fourth-order valence-corrected chi connectivity index (χ4v) is 4.40. The molecule has 2 aliphatic rings. The Morgan fingerprint density at radius 3 is 2.84 bits per heavy atom. The summed E-state index contributed by atoms with van der Waals surface area (Å²) in [4.78, 5) is 31.2. The van der Waals surface area contributed by atoms with Crippen LogP contribution in [0.3, 0.4) is 0 Å². The van der Waals surface area contributed by atoms with Gasteiger partial charge in [0.2, 0.25) is 11.8 Å². The number of aliphatic imine (C=N–C) groups is 1. The van der Waals surface area contributed by atoms with Crippen LogP contribution < -0.4 is 25.8 Å². The van der Waals surface area contributed by atoms with E-state index in [0.717, 1.165) is 23.9 Å². The molecule has 0 aromatic heterocycles. The third kappa shape index (κ3) is 4.56. The summed E-state index contributed by atoms with van der Waals surface area (Å²) in [5.41, 5.74) is 6.37. The Balaban J connectivity index is 1.51. The van der Waals surface area contributed by atoms with Crippen LogP contribution in [0.25, 0.3) is 0 Å². The summed E-state index contributed by atoms with van der Waals surface area (Å²) in [5.74, 6) is -2.93. The average Bonchev–Trinajstić information content (AvgIpc) is 3.24. The molecular formula is C20H18ClF2N5O3S. The fourth-order valence-electron chi connectivity index (χ4n) is 3.30. The topological polar surface area (TPSA) is 95.1 Å². The highest BCUT2D eigenvalue weighted by atomic mass is 35.5. The van der Waals surface area contributed by atoms with Crippen molar-refractivity contribution >= 4 is 51.7 Å². The van der Waals surface area contributed by atoms with E-state index in [9.17, 15) is 18.4 Å². The maximum absolute atomic E-state index is 13.8. The van der Waals surface area contributed by atoms with Crippen molar-refractivity contribution in [1.29, 1.82) is 0 Å². The molecule has 0 aliphatic carbocycles. The van der Waals surface area contributed by atoms with Crippen LogP contribution >= 0.6 is 23.4 Å². The zero-order valence-electron chi connectivity index (χ0n) is 16.7. The number of nitrogens with zero attached hydrogens (tertiary/aromatic N) is 2. The summed E-state index contributed by atoms with van der Waals surface area (Å²) in [5, 5.41) is 3.25. The summed E-state index contributed by atoms with van der Waals surface area (Å²) >= 11 is 7.08. The summed E-state index contributed by atoms with van der Waals surface area (Å²) in [6.45, 7) is 0.337. The highest BCUT2D eigenvalue weighted by Crippen LogP contribution is 2.31. The van der Waals surface area contributed by atoms with Crippen molar-refractivity contribution < 1.29 is 23.1 Å². The molecule has 2 aromatic rings. The third-order valence-electron chi connectivity index (χ3n) is 4.86. The molecule has 2 aromatic carbocycles. The first-order valence-corrected chi connectivity index (χ1v) is 10.8. The lowest BCUT2D eigenvalue weighted by Gasteiger charge is -2.32. The van der Waals surface area contributed by atoms with Gasteiger partial charge >= 0.3 is 0 Å². The summed E-state index contributed by atoms with van der Waals surface area (Å²) < 4.78 is 32.3. The van der Waals surface area contributed by atoms with Gasteiger partial charge in [-0.25, -0.2) is 19.2 Å². The van der Waals surface area contributed by atoms with Crippen molar-refractivity contribution in [2.75, 3.05) is 29.6 Å². The fraction of sp³-hybridized carbons (Fsp3) is 0.250. The average molecular weight is 482 g/mol. The van der Waals surface area contributed by atoms with E-state index < -0.39 is 23.7 Å². The number of halogens is 3. The second-order valence-electron chi connectivity index (χ2n) is 6.95. The van der Waals surface area contributed by atoms with Crippen molar-refractivity contribution in [3.8, 4) is 5.75 Å². The zero-order chi connectivity index (χ0) is 22.8. The standard InChI is InChI=1S/C20H18ClF2N5O3S/c1-31-16-5-2-10(6-13(16)21)25-17(29)9-32-20-26-18-12(8-24-27-18)19(30)28(20)11-3-4-14(22)15(23)7-11/h2-7,12,18,24,27H,8-9H2,1H3,(H,25,29). The summed E-state index contributed by atoms with van der Waals surface area (Å²) in [7, 11) is 1.49. The first-order valence-electron chi connectivity index (χ1n) is 9.49. The molecule has 12 heteroatoms. The number of benzene rings is 2. The number of anilines is 2. The Morgan fingerprint density at radius 1 is 1.31 bits per heavy atom. The lowest BCUT2D eigenvalue weighted by molar-refractivity contribution is -0.121. The lowest BCUT2D eigenvalue weighted by atomic mass is 10.0. The van der Waals surface area contributed by atoms with Crippen molar-refractivity contribution in [2.45, 2.75) is 6.17 Å². The molecule has 8 nitrogen and oxygen atoms in total. The molecule has 2 unspecified atom stereocenters. The number of methoxy groups -OCH3 is 1. The largest absolute Gasteiger partial charge is 0.495 e. The van der Waals surface area contributed by atoms with Crippen molar-refractivity contribution in [1.82, 2.24) is 10.9 Å². The van der Waals surface area contributed by atoms with E-state index in [1.165, 1.54) is 18.1 Å². The van der Waals surface area contributed by atoms with Crippen LogP contribution in [0.15, 0.2) is 41.4 Å². The van der Waals surface area contributed by atoms with Crippen LogP contribution in [0, 0.1) is 17.6 Å². The van der Waals surface area contributed by atoms with E-state index in [4.69, 9.17) is 16.3 Å². The highest BCUT2D eigenvalue weighted by molar-refractivity contribution is 8.14. The van der Waals surface area contributed by atoms with Crippen molar-refractivity contribution in [2.24, 2.45) is 10.9 Å². The monoisotopic (exact) mass is 481 g/mol. The molecule has 0 bridgehead atoms. The first kappa shape index (κ1) is 22.5. The zero-order valence-corrected chi connectivity index (χ0v) is 18.3. The number of carbonyl (C=O) groups is 2. The van der Waals surface area contributed by atoms with Gasteiger partial charge in [-0.1, -0.05) is 23.4 Å². The van der Waals surface area contributed by atoms with Crippen LogP contribution in [0.1, 0.15) is 0 Å². The lowest BCUT2D eigenvalue weighted by Crippen LogP contribution is -2.49. The molecule has 2 aliphatic heterocycles. The number of hydrogen-bond donors (Lipinski definition) is 3. The number of thioether (sulfide) groups is 1. The number of ether oxygens (including phenoxy) is 1. The number of carbonyl (C=O) groups excluding carboxylic acids is 2. The minimum atomic E-state index is -1.08. The van der Waals surface area contributed by atoms with Gasteiger partial charge in [-0.05, 0) is 30.3 Å². The van der Waals surface area contributed by atoms with Gasteiger partial charge in [-0.2, -0.15) is 0 Å². The van der Waals surface area contributed by atoms with Gasteiger partial charge < -0.3 is 10.1 Å². The van der Waals surface area contributed by atoms with Gasteiger partial charge in [0.25, 0.3) is 0 Å². The molecule has 3 N–H and O–H groups in total. The minimum absolute atomic E-state index is 0.0826. The molecule has 168 valence electrons. The van der Waals surface area contributed by atoms with E-state index in [2.05, 4.69) is 21.2 Å². The van der Waals surface area contributed by atoms with E-state index >= 15 is 0 Å². The van der Waals surface area contributed by atoms with Gasteiger partial charge in [0.15, 0.2) is 16.8 Å². The number of rotatable bonds is 5. The van der Waals surface area contributed by atoms with Gasteiger partial charge in [0.1, 0.15) is 11.9 Å². The van der Waals surface area contributed by atoms with Gasteiger partial charge in [-0.15, -0.1) is 0 Å². The Bertz CT molecular complexity index is 1100. The molecule has 4 rings (SSSR count). The maximum atomic E-state index is 13.8. The predicted octanol–water partition coefficient (Wildman–Crippen LogP) is 2.75. The molecule has 2 amide bonds. The second kappa shape index (κ2) is 9.41. The molecule has 0 radical (unpaired) electrons. The normalized spacial score (nSPS) is 20.1. The number of hydrogen-bond acceptors (Lipinski definition) is 7. The Hall–Kier alpha value is -2.73. The second-order valence-corrected chi connectivity index (χ2v) is 8.30. The Kier molecular flexibility index (Phi) is 6.60. The highest BCUT2D eigenvalue weighted by Gasteiger charge is 2.42. The molecule has 32 heavy (non-hydrogen) atoms. The third-order valence-corrected chi connectivity index (χ3v) is 6.11. The number of amides is 2. The van der Waals surface area contributed by atoms with Crippen molar-refractivity contribution in [3.63, 3.8) is 0 Å². The minimum Gasteiger partial charge on any atom is -0.495 e. The quantitative estimate of drug-likeness (QED) is 0.608. The van der Waals surface area contributed by atoms with Crippen LogP contribution in [0.2, 0.25) is 5.02 Å². The summed E-state index contributed by atoms with van der Waals surface area (Å²) in [6.07, 6.45) is -0.519. The number of fused-ring (bicyclic) bond motifs is 1.